The van der Waals surface area contributed by atoms with E-state index in [-0.39, 0.29) is 11.8 Å². The van der Waals surface area contributed by atoms with Crippen molar-refractivity contribution in [2.75, 3.05) is 31.9 Å². The number of hydrogen-bond donors (Lipinski definition) is 6. The van der Waals surface area contributed by atoms with Crippen LogP contribution < -0.4 is 41.4 Å². The molecule has 0 saturated heterocycles. The van der Waals surface area contributed by atoms with E-state index in [1.54, 1.807) is 54.6 Å². The van der Waals surface area contributed by atoms with E-state index in [1.807, 2.05) is 15.2 Å². The van der Waals surface area contributed by atoms with Gasteiger partial charge in [-0.05, 0) is 109 Å². The lowest BCUT2D eigenvalue weighted by Gasteiger charge is -2.15. The number of fused-ring (bicyclic) bond motifs is 6. The molecule has 16 nitrogen and oxygen atoms in total. The van der Waals surface area contributed by atoms with Gasteiger partial charge in [-0.2, -0.15) is 26.3 Å². The van der Waals surface area contributed by atoms with Crippen LogP contribution in [0.1, 0.15) is 24.0 Å². The summed E-state index contributed by atoms with van der Waals surface area (Å²) in [7, 11) is 0. The van der Waals surface area contributed by atoms with Gasteiger partial charge in [-0.1, -0.05) is 0 Å². The average Bonchev–Trinajstić information content (AvgIpc) is 3.87. The van der Waals surface area contributed by atoms with Crippen LogP contribution in [0.2, 0.25) is 0 Å². The summed E-state index contributed by atoms with van der Waals surface area (Å²) in [5, 5.41) is 14.5. The molecule has 0 fully saturated rings. The third kappa shape index (κ3) is 11.0. The molecule has 368 valence electrons. The summed E-state index contributed by atoms with van der Waals surface area (Å²) < 4.78 is 120. The van der Waals surface area contributed by atoms with Crippen LogP contribution in [0.25, 0.3) is 22.1 Å². The lowest BCUT2D eigenvalue weighted by atomic mass is 10.2. The van der Waals surface area contributed by atoms with Gasteiger partial charge in [0, 0.05) is 49.4 Å². The number of hydrogen-bond acceptors (Lipinski definition) is 8. The Morgan fingerprint density at radius 1 is 0.500 bits per heavy atom. The van der Waals surface area contributed by atoms with Gasteiger partial charge >= 0.3 is 24.4 Å². The number of imidazole rings is 2. The zero-order chi connectivity index (χ0) is 50.9. The number of carbonyl (C=O) groups is 4. The van der Waals surface area contributed by atoms with Gasteiger partial charge in [-0.15, -0.1) is 0 Å². The maximum Gasteiger partial charge on any atom is 0.416 e. The number of ether oxygens (including phenoxy) is 2. The Morgan fingerprint density at radius 3 is 1.42 bits per heavy atom. The van der Waals surface area contributed by atoms with E-state index in [2.05, 4.69) is 41.9 Å². The molecule has 2 aromatic heterocycles. The van der Waals surface area contributed by atoms with Crippen LogP contribution in [-0.2, 0) is 35.0 Å². The maximum atomic E-state index is 13.9. The van der Waals surface area contributed by atoms with Gasteiger partial charge in [0.15, 0.2) is 0 Å². The molecule has 6 amide bonds. The van der Waals surface area contributed by atoms with Crippen molar-refractivity contribution in [3.8, 4) is 23.0 Å². The topological polar surface area (TPSA) is 195 Å². The van der Waals surface area contributed by atoms with Crippen molar-refractivity contribution in [2.24, 2.45) is 0 Å². The average molecular weight is 999 g/mol. The van der Waals surface area contributed by atoms with Crippen molar-refractivity contribution in [3.05, 3.63) is 144 Å². The normalized spacial score (nSPS) is 13.2. The number of anilines is 6. The zero-order valence-corrected chi connectivity index (χ0v) is 36.6. The maximum absolute atomic E-state index is 13.9. The molecule has 10 rings (SSSR count). The van der Waals surface area contributed by atoms with E-state index in [1.165, 1.54) is 24.3 Å². The molecule has 6 aromatic carbocycles. The standard InChI is InChI=1S/2C24H17F4N5O3/c25-17-7-1-13(24(26,27)28)11-18(17)31-23(35)29-14-2-4-15(5-3-14)36-16-6-8-20-19(12-16)30-22-32-21(34)9-10-33(20)22;25-17-7-1-13(24(26,27)28)11-19(17)31-23(35)29-14-2-4-15(5-3-14)36-16-6-8-18-20(12-16)33-10-9-21(34)32-22(33)30-18/h2*1-8,11-12H,9-10H2,(H2,29,31,35)(H,30,32,34). The third-order valence-electron chi connectivity index (χ3n) is 10.8. The first kappa shape index (κ1) is 47.8. The van der Waals surface area contributed by atoms with Gasteiger partial charge in [-0.3, -0.25) is 20.2 Å². The molecule has 2 aliphatic rings. The van der Waals surface area contributed by atoms with Gasteiger partial charge < -0.3 is 39.9 Å². The molecule has 0 bridgehead atoms. The molecule has 0 spiro atoms. The van der Waals surface area contributed by atoms with Crippen LogP contribution in [0.5, 0.6) is 23.0 Å². The molecule has 0 atom stereocenters. The fraction of sp³-hybridized carbons (Fsp3) is 0.125. The Kier molecular flexibility index (Phi) is 12.8. The number of rotatable bonds is 8. The van der Waals surface area contributed by atoms with Crippen molar-refractivity contribution in [3.63, 3.8) is 0 Å². The van der Waals surface area contributed by atoms with Crippen molar-refractivity contribution < 1.29 is 63.8 Å². The second kappa shape index (κ2) is 19.3. The predicted octanol–water partition coefficient (Wildman–Crippen LogP) is 11.9. The summed E-state index contributed by atoms with van der Waals surface area (Å²) in [6, 6.07) is 24.7. The third-order valence-corrected chi connectivity index (χ3v) is 10.8. The lowest BCUT2D eigenvalue weighted by molar-refractivity contribution is -0.138. The zero-order valence-electron chi connectivity index (χ0n) is 36.6. The van der Waals surface area contributed by atoms with Crippen molar-refractivity contribution in [1.82, 2.24) is 19.1 Å². The van der Waals surface area contributed by atoms with E-state index < -0.39 is 58.6 Å². The van der Waals surface area contributed by atoms with Gasteiger partial charge in [0.2, 0.25) is 23.7 Å². The monoisotopic (exact) mass is 998 g/mol. The highest BCUT2D eigenvalue weighted by molar-refractivity contribution is 6.01. The first-order valence-electron chi connectivity index (χ1n) is 21.4. The molecule has 4 heterocycles. The number of urea groups is 2. The molecular formula is C48H34F8N10O6. The minimum absolute atomic E-state index is 0.0865. The van der Waals surface area contributed by atoms with Gasteiger partial charge in [0.05, 0.1) is 44.6 Å². The number of aryl methyl sites for hydroxylation is 2. The minimum Gasteiger partial charge on any atom is -0.457 e. The quantitative estimate of drug-likeness (QED) is 0.0809. The van der Waals surface area contributed by atoms with E-state index in [4.69, 9.17) is 9.47 Å². The summed E-state index contributed by atoms with van der Waals surface area (Å²) in [6.07, 6.45) is -8.61. The van der Waals surface area contributed by atoms with Crippen molar-refractivity contribution in [1.29, 1.82) is 0 Å². The van der Waals surface area contributed by atoms with Gasteiger partial charge in [-0.25, -0.2) is 28.3 Å². The Morgan fingerprint density at radius 2 is 0.931 bits per heavy atom. The van der Waals surface area contributed by atoms with Crippen LogP contribution in [0, 0.1) is 11.6 Å². The van der Waals surface area contributed by atoms with Crippen LogP contribution >= 0.6 is 0 Å². The second-order valence-electron chi connectivity index (χ2n) is 15.9. The minimum atomic E-state index is -4.67. The van der Waals surface area contributed by atoms with Crippen molar-refractivity contribution >= 4 is 80.6 Å². The second-order valence-corrected chi connectivity index (χ2v) is 15.9. The van der Waals surface area contributed by atoms with Crippen LogP contribution in [0.4, 0.5) is 79.4 Å². The molecule has 0 unspecified atom stereocenters. The fourth-order valence-corrected chi connectivity index (χ4v) is 7.43. The summed E-state index contributed by atoms with van der Waals surface area (Å²) in [5.74, 6) is 0.726. The Hall–Kier alpha value is -9.22. The fourth-order valence-electron chi connectivity index (χ4n) is 7.43. The molecule has 6 N–H and O–H groups in total. The summed E-state index contributed by atoms with van der Waals surface area (Å²) in [4.78, 5) is 56.3. The number of aromatic nitrogens is 4. The highest BCUT2D eigenvalue weighted by Gasteiger charge is 2.32. The molecular weight excluding hydrogens is 965 g/mol. The number of alkyl halides is 6. The molecule has 0 aliphatic carbocycles. The molecule has 24 heteroatoms. The van der Waals surface area contributed by atoms with E-state index in [0.29, 0.717) is 120 Å². The van der Waals surface area contributed by atoms with Crippen LogP contribution in [-0.4, -0.2) is 43.0 Å². The molecule has 0 radical (unpaired) electrons. The summed E-state index contributed by atoms with van der Waals surface area (Å²) >= 11 is 0. The Bertz CT molecular complexity index is 3410. The number of nitrogens with one attached hydrogen (secondary N) is 6. The molecule has 72 heavy (non-hydrogen) atoms. The first-order chi connectivity index (χ1) is 34.3. The Balaban J connectivity index is 0.000000178. The smallest absolute Gasteiger partial charge is 0.416 e. The number of amides is 6. The van der Waals surface area contributed by atoms with E-state index in [9.17, 15) is 54.3 Å². The molecule has 2 aliphatic heterocycles. The molecule has 8 aromatic rings. The van der Waals surface area contributed by atoms with E-state index in [0.717, 1.165) is 11.0 Å². The SMILES string of the molecule is O=C1CCn2c(nc3cc(Oc4ccc(NC(=O)Nc5cc(C(F)(F)F)ccc5F)cc4)ccc32)N1.O=C1CCn2c(nc3ccc(Oc4ccc(NC(=O)Nc5cc(C(F)(F)F)ccc5F)cc4)cc32)N1. The highest BCUT2D eigenvalue weighted by atomic mass is 19.4. The number of benzene rings is 6. The van der Waals surface area contributed by atoms with E-state index >= 15 is 0 Å². The van der Waals surface area contributed by atoms with Crippen molar-refractivity contribution in [2.45, 2.75) is 38.3 Å². The van der Waals surface area contributed by atoms with Gasteiger partial charge in [0.25, 0.3) is 0 Å². The number of nitrogens with zero attached hydrogens (tertiary/aromatic N) is 4. The van der Waals surface area contributed by atoms with Gasteiger partial charge in [0.1, 0.15) is 34.6 Å². The first-order valence-corrected chi connectivity index (χ1v) is 21.4. The number of halogens is 8. The molecule has 0 saturated carbocycles. The lowest BCUT2D eigenvalue weighted by Crippen LogP contribution is -2.23. The summed E-state index contributed by atoms with van der Waals surface area (Å²) in [5.41, 5.74) is 0.281. The van der Waals surface area contributed by atoms with Crippen LogP contribution in [0.15, 0.2) is 121 Å². The predicted molar refractivity (Wildman–Crippen MR) is 247 cm³/mol. The number of carbonyl (C=O) groups excluding carboxylic acids is 4. The largest absolute Gasteiger partial charge is 0.457 e. The summed E-state index contributed by atoms with van der Waals surface area (Å²) in [6.45, 7) is 1.05. The van der Waals surface area contributed by atoms with Crippen LogP contribution in [0.3, 0.4) is 0 Å². The highest BCUT2D eigenvalue weighted by Crippen LogP contribution is 2.35. The Labute approximate surface area is 399 Å².